The molecule has 0 aliphatic heterocycles. The third-order valence-corrected chi connectivity index (χ3v) is 3.71. The highest BCUT2D eigenvalue weighted by Crippen LogP contribution is 2.60. The quantitative estimate of drug-likeness (QED) is 0.766. The normalized spacial score (nSPS) is 28.2. The summed E-state index contributed by atoms with van der Waals surface area (Å²) in [4.78, 5) is 0. The highest BCUT2D eigenvalue weighted by atomic mass is 15.2. The van der Waals surface area contributed by atoms with Crippen molar-refractivity contribution in [2.75, 3.05) is 0 Å². The van der Waals surface area contributed by atoms with Crippen LogP contribution in [0, 0.1) is 5.41 Å². The van der Waals surface area contributed by atoms with Crippen molar-refractivity contribution in [2.24, 2.45) is 11.1 Å². The number of nitrogens with two attached hydrogens (primary N) is 1. The van der Waals surface area contributed by atoms with Gasteiger partial charge in [-0.05, 0) is 24.0 Å². The number of aromatic nitrogens is 2. The number of nitrogens with zero attached hydrogens (tertiary/aromatic N) is 2. The summed E-state index contributed by atoms with van der Waals surface area (Å²) >= 11 is 0. The van der Waals surface area contributed by atoms with Gasteiger partial charge in [0, 0.05) is 11.8 Å². The predicted octanol–water partition coefficient (Wildman–Crippen LogP) is 1.92. The monoisotopic (exact) mass is 201 g/mol. The molecule has 2 heterocycles. The second-order valence-electron chi connectivity index (χ2n) is 5.12. The average molecular weight is 201 g/mol. The number of pyridine rings is 1. The van der Waals surface area contributed by atoms with E-state index in [1.54, 1.807) is 0 Å². The fourth-order valence-electron chi connectivity index (χ4n) is 2.39. The van der Waals surface area contributed by atoms with Crippen LogP contribution in [0.5, 0.6) is 0 Å². The summed E-state index contributed by atoms with van der Waals surface area (Å²) in [6.45, 7) is 4.42. The Labute approximate surface area is 88.9 Å². The van der Waals surface area contributed by atoms with Crippen molar-refractivity contribution in [3.05, 3.63) is 36.2 Å². The van der Waals surface area contributed by atoms with Crippen molar-refractivity contribution in [2.45, 2.75) is 25.8 Å². The Morgan fingerprint density at radius 3 is 2.80 bits per heavy atom. The zero-order valence-electron chi connectivity index (χ0n) is 9.07. The van der Waals surface area contributed by atoms with Crippen molar-refractivity contribution < 1.29 is 0 Å². The lowest BCUT2D eigenvalue weighted by molar-refractivity contribution is 0.512. The molecule has 3 rings (SSSR count). The van der Waals surface area contributed by atoms with Gasteiger partial charge >= 0.3 is 0 Å². The molecule has 3 heteroatoms. The predicted molar refractivity (Wildman–Crippen MR) is 59.5 cm³/mol. The molecule has 3 nitrogen and oxygen atoms in total. The second-order valence-corrected chi connectivity index (χ2v) is 5.12. The smallest absolute Gasteiger partial charge is 0.0712 e. The Kier molecular flexibility index (Phi) is 1.44. The number of rotatable bonds is 1. The van der Waals surface area contributed by atoms with E-state index < -0.39 is 0 Å². The molecule has 0 radical (unpaired) electrons. The summed E-state index contributed by atoms with van der Waals surface area (Å²) in [5.41, 5.74) is 8.72. The summed E-state index contributed by atoms with van der Waals surface area (Å²) < 4.78 is 1.89. The Bertz CT molecular complexity index is 526. The van der Waals surface area contributed by atoms with E-state index in [0.29, 0.717) is 0 Å². The molecule has 0 amide bonds. The Morgan fingerprint density at radius 2 is 2.13 bits per heavy atom. The highest BCUT2D eigenvalue weighted by Gasteiger charge is 2.60. The maximum absolute atomic E-state index is 6.40. The summed E-state index contributed by atoms with van der Waals surface area (Å²) in [6, 6.07) is 6.08. The summed E-state index contributed by atoms with van der Waals surface area (Å²) in [6.07, 6.45) is 4.90. The molecule has 1 unspecified atom stereocenters. The lowest BCUT2D eigenvalue weighted by Gasteiger charge is -2.13. The summed E-state index contributed by atoms with van der Waals surface area (Å²) in [5.74, 6) is 0. The van der Waals surface area contributed by atoms with Gasteiger partial charge < -0.3 is 5.73 Å². The van der Waals surface area contributed by atoms with E-state index in [0.717, 1.165) is 11.9 Å². The Balaban J connectivity index is 2.21. The van der Waals surface area contributed by atoms with Gasteiger partial charge in [-0.25, -0.2) is 4.52 Å². The van der Waals surface area contributed by atoms with Gasteiger partial charge in [-0.2, -0.15) is 5.10 Å². The summed E-state index contributed by atoms with van der Waals surface area (Å²) in [7, 11) is 0. The first-order chi connectivity index (χ1) is 7.05. The number of fused-ring (bicyclic) bond motifs is 1. The third kappa shape index (κ3) is 1.01. The van der Waals surface area contributed by atoms with E-state index in [4.69, 9.17) is 5.73 Å². The molecule has 0 saturated heterocycles. The van der Waals surface area contributed by atoms with Crippen molar-refractivity contribution in [3.8, 4) is 0 Å². The van der Waals surface area contributed by atoms with Crippen LogP contribution in [0.15, 0.2) is 30.6 Å². The zero-order valence-corrected chi connectivity index (χ0v) is 9.07. The van der Waals surface area contributed by atoms with Crippen molar-refractivity contribution in [3.63, 3.8) is 0 Å². The SMILES string of the molecule is CC1(C)CC1(N)c1cnn2ccccc12. The number of hydrogen-bond donors (Lipinski definition) is 1. The molecule has 0 spiro atoms. The van der Waals surface area contributed by atoms with E-state index >= 15 is 0 Å². The van der Waals surface area contributed by atoms with Crippen LogP contribution in [0.25, 0.3) is 5.52 Å². The van der Waals surface area contributed by atoms with Crippen LogP contribution in [-0.4, -0.2) is 9.61 Å². The lowest BCUT2D eigenvalue weighted by Crippen LogP contribution is -2.25. The fourth-order valence-corrected chi connectivity index (χ4v) is 2.39. The standard InChI is InChI=1S/C12H15N3/c1-11(2)8-12(11,13)9-7-14-15-6-4-3-5-10(9)15/h3-7H,8,13H2,1-2H3. The minimum absolute atomic E-state index is 0.184. The van der Waals surface area contributed by atoms with E-state index in [1.165, 1.54) is 5.56 Å². The molecule has 1 aliphatic rings. The molecule has 78 valence electrons. The first kappa shape index (κ1) is 8.92. The van der Waals surface area contributed by atoms with Gasteiger partial charge in [0.2, 0.25) is 0 Å². The third-order valence-electron chi connectivity index (χ3n) is 3.71. The van der Waals surface area contributed by atoms with Crippen LogP contribution in [0.4, 0.5) is 0 Å². The molecule has 2 aromatic heterocycles. The molecular weight excluding hydrogens is 186 g/mol. The van der Waals surface area contributed by atoms with Crippen LogP contribution >= 0.6 is 0 Å². The van der Waals surface area contributed by atoms with Crippen LogP contribution in [0.2, 0.25) is 0 Å². The van der Waals surface area contributed by atoms with Crippen molar-refractivity contribution in [1.29, 1.82) is 0 Å². The minimum atomic E-state index is -0.184. The summed E-state index contributed by atoms with van der Waals surface area (Å²) in [5, 5.41) is 4.33. The second kappa shape index (κ2) is 2.42. The fraction of sp³-hybridized carbons (Fsp3) is 0.417. The average Bonchev–Trinajstić information content (AvgIpc) is 2.61. The van der Waals surface area contributed by atoms with Gasteiger partial charge in [-0.3, -0.25) is 0 Å². The van der Waals surface area contributed by atoms with Crippen LogP contribution in [0.3, 0.4) is 0 Å². The maximum atomic E-state index is 6.40. The topological polar surface area (TPSA) is 43.3 Å². The Morgan fingerprint density at radius 1 is 1.40 bits per heavy atom. The van der Waals surface area contributed by atoms with Crippen LogP contribution in [0.1, 0.15) is 25.8 Å². The molecule has 2 aromatic rings. The van der Waals surface area contributed by atoms with E-state index in [9.17, 15) is 0 Å². The molecular formula is C12H15N3. The van der Waals surface area contributed by atoms with Crippen LogP contribution in [-0.2, 0) is 5.54 Å². The zero-order chi connectivity index (χ0) is 10.7. The van der Waals surface area contributed by atoms with Gasteiger partial charge in [-0.15, -0.1) is 0 Å². The molecule has 1 aliphatic carbocycles. The first-order valence-electron chi connectivity index (χ1n) is 5.26. The van der Waals surface area contributed by atoms with Gasteiger partial charge in [0.15, 0.2) is 0 Å². The van der Waals surface area contributed by atoms with Gasteiger partial charge in [0.05, 0.1) is 17.3 Å². The van der Waals surface area contributed by atoms with Crippen molar-refractivity contribution in [1.82, 2.24) is 9.61 Å². The van der Waals surface area contributed by atoms with Crippen LogP contribution < -0.4 is 5.73 Å². The molecule has 0 aromatic carbocycles. The van der Waals surface area contributed by atoms with Gasteiger partial charge in [0.25, 0.3) is 0 Å². The maximum Gasteiger partial charge on any atom is 0.0712 e. The molecule has 0 bridgehead atoms. The lowest BCUT2D eigenvalue weighted by atomic mass is 9.98. The Hall–Kier alpha value is -1.35. The van der Waals surface area contributed by atoms with E-state index in [2.05, 4.69) is 25.0 Å². The molecule has 1 atom stereocenters. The molecule has 15 heavy (non-hydrogen) atoms. The van der Waals surface area contributed by atoms with E-state index in [-0.39, 0.29) is 11.0 Å². The van der Waals surface area contributed by atoms with Gasteiger partial charge in [0.1, 0.15) is 0 Å². The molecule has 2 N–H and O–H groups in total. The molecule has 1 fully saturated rings. The first-order valence-corrected chi connectivity index (χ1v) is 5.26. The largest absolute Gasteiger partial charge is 0.321 e. The van der Waals surface area contributed by atoms with Gasteiger partial charge in [-0.1, -0.05) is 19.9 Å². The molecule has 1 saturated carbocycles. The van der Waals surface area contributed by atoms with Crippen molar-refractivity contribution >= 4 is 5.52 Å². The minimum Gasteiger partial charge on any atom is -0.321 e. The number of hydrogen-bond acceptors (Lipinski definition) is 2. The highest BCUT2D eigenvalue weighted by molar-refractivity contribution is 5.59. The van der Waals surface area contributed by atoms with E-state index in [1.807, 2.05) is 29.0 Å².